The van der Waals surface area contributed by atoms with Crippen LogP contribution in [0.4, 0.5) is 13.2 Å². The number of hydrogen-bond acceptors (Lipinski definition) is 3. The van der Waals surface area contributed by atoms with Crippen LogP contribution < -0.4 is 5.32 Å². The van der Waals surface area contributed by atoms with Crippen LogP contribution in [-0.2, 0) is 9.53 Å². The van der Waals surface area contributed by atoms with Gasteiger partial charge in [0.15, 0.2) is 0 Å². The molecule has 1 atom stereocenters. The lowest BCUT2D eigenvalue weighted by Crippen LogP contribution is -2.45. The SMILES string of the molecule is O=C(CN1CCC(C(F)(F)F)CC1)NCC1CCCO1. The summed E-state index contributed by atoms with van der Waals surface area (Å²) in [5.74, 6) is -1.35. The van der Waals surface area contributed by atoms with Crippen molar-refractivity contribution in [2.45, 2.75) is 38.0 Å². The van der Waals surface area contributed by atoms with E-state index in [-0.39, 0.29) is 31.4 Å². The highest BCUT2D eigenvalue weighted by molar-refractivity contribution is 5.78. The number of amides is 1. The summed E-state index contributed by atoms with van der Waals surface area (Å²) in [4.78, 5) is 13.5. The van der Waals surface area contributed by atoms with Gasteiger partial charge in [0.05, 0.1) is 18.6 Å². The second kappa shape index (κ2) is 6.76. The molecule has 0 saturated carbocycles. The predicted molar refractivity (Wildman–Crippen MR) is 67.2 cm³/mol. The fraction of sp³-hybridized carbons (Fsp3) is 0.923. The first-order valence-corrected chi connectivity index (χ1v) is 7.12. The second-order valence-electron chi connectivity index (χ2n) is 5.53. The van der Waals surface area contributed by atoms with Crippen molar-refractivity contribution in [3.8, 4) is 0 Å². The Bertz CT molecular complexity index is 322. The summed E-state index contributed by atoms with van der Waals surface area (Å²) >= 11 is 0. The van der Waals surface area contributed by atoms with Gasteiger partial charge in [-0.2, -0.15) is 13.2 Å². The minimum Gasteiger partial charge on any atom is -0.376 e. The average molecular weight is 294 g/mol. The first-order chi connectivity index (χ1) is 9.45. The number of carbonyl (C=O) groups is 1. The number of likely N-dealkylation sites (tertiary alicyclic amines) is 1. The van der Waals surface area contributed by atoms with Crippen molar-refractivity contribution in [2.24, 2.45) is 5.92 Å². The van der Waals surface area contributed by atoms with Crippen LogP contribution in [0.1, 0.15) is 25.7 Å². The highest BCUT2D eigenvalue weighted by Gasteiger charge is 2.41. The average Bonchev–Trinajstić information content (AvgIpc) is 2.89. The lowest BCUT2D eigenvalue weighted by molar-refractivity contribution is -0.185. The van der Waals surface area contributed by atoms with Crippen LogP contribution in [0.2, 0.25) is 0 Å². The number of halogens is 3. The maximum Gasteiger partial charge on any atom is 0.391 e. The quantitative estimate of drug-likeness (QED) is 0.855. The minimum atomic E-state index is -4.10. The molecule has 0 aliphatic carbocycles. The molecule has 2 aliphatic rings. The van der Waals surface area contributed by atoms with Crippen molar-refractivity contribution in [3.63, 3.8) is 0 Å². The summed E-state index contributed by atoms with van der Waals surface area (Å²) in [5, 5.41) is 2.79. The Labute approximate surface area is 116 Å². The van der Waals surface area contributed by atoms with E-state index in [2.05, 4.69) is 5.32 Å². The zero-order valence-electron chi connectivity index (χ0n) is 11.4. The van der Waals surface area contributed by atoms with Crippen LogP contribution >= 0.6 is 0 Å². The van der Waals surface area contributed by atoms with Gasteiger partial charge < -0.3 is 10.1 Å². The molecule has 0 aromatic carbocycles. The van der Waals surface area contributed by atoms with Crippen molar-refractivity contribution in [3.05, 3.63) is 0 Å². The number of ether oxygens (including phenoxy) is 1. The maximum atomic E-state index is 12.5. The van der Waals surface area contributed by atoms with Gasteiger partial charge in [-0.1, -0.05) is 0 Å². The molecule has 2 heterocycles. The smallest absolute Gasteiger partial charge is 0.376 e. The summed E-state index contributed by atoms with van der Waals surface area (Å²) in [5.41, 5.74) is 0. The van der Waals surface area contributed by atoms with Crippen molar-refractivity contribution in [1.82, 2.24) is 10.2 Å². The van der Waals surface area contributed by atoms with Gasteiger partial charge in [0, 0.05) is 13.2 Å². The molecule has 1 N–H and O–H groups in total. The summed E-state index contributed by atoms with van der Waals surface area (Å²) in [6, 6.07) is 0. The van der Waals surface area contributed by atoms with Crippen LogP contribution in [-0.4, -0.2) is 55.9 Å². The first kappa shape index (κ1) is 15.6. The van der Waals surface area contributed by atoms with E-state index in [1.54, 1.807) is 4.90 Å². The third kappa shape index (κ3) is 4.63. The van der Waals surface area contributed by atoms with E-state index in [0.29, 0.717) is 19.6 Å². The molecule has 0 spiro atoms. The topological polar surface area (TPSA) is 41.6 Å². The van der Waals surface area contributed by atoms with Crippen LogP contribution in [0.3, 0.4) is 0 Å². The lowest BCUT2D eigenvalue weighted by atomic mass is 9.96. The number of piperidine rings is 1. The Morgan fingerprint density at radius 2 is 1.95 bits per heavy atom. The standard InChI is InChI=1S/C13H21F3N2O2/c14-13(15,16)10-3-5-18(6-4-10)9-12(19)17-8-11-2-1-7-20-11/h10-11H,1-9H2,(H,17,19). The first-order valence-electron chi connectivity index (χ1n) is 7.12. The Hall–Kier alpha value is -0.820. The molecular formula is C13H21F3N2O2. The molecule has 0 aromatic rings. The van der Waals surface area contributed by atoms with Crippen LogP contribution in [0.15, 0.2) is 0 Å². The molecule has 4 nitrogen and oxygen atoms in total. The van der Waals surface area contributed by atoms with Crippen LogP contribution in [0, 0.1) is 5.92 Å². The summed E-state index contributed by atoms with van der Waals surface area (Å²) in [6.07, 6.45) is -1.86. The van der Waals surface area contributed by atoms with E-state index in [9.17, 15) is 18.0 Å². The van der Waals surface area contributed by atoms with E-state index >= 15 is 0 Å². The third-order valence-electron chi connectivity index (χ3n) is 3.97. The molecule has 2 fully saturated rings. The van der Waals surface area contributed by atoms with Gasteiger partial charge in [0.2, 0.25) is 5.91 Å². The van der Waals surface area contributed by atoms with E-state index in [1.165, 1.54) is 0 Å². The van der Waals surface area contributed by atoms with E-state index < -0.39 is 12.1 Å². The molecule has 2 saturated heterocycles. The molecule has 20 heavy (non-hydrogen) atoms. The Morgan fingerprint density at radius 3 is 2.50 bits per heavy atom. The van der Waals surface area contributed by atoms with Crippen LogP contribution in [0.5, 0.6) is 0 Å². The molecule has 1 amide bonds. The van der Waals surface area contributed by atoms with E-state index in [1.807, 2.05) is 0 Å². The highest BCUT2D eigenvalue weighted by Crippen LogP contribution is 2.33. The number of nitrogens with one attached hydrogen (secondary N) is 1. The number of alkyl halides is 3. The highest BCUT2D eigenvalue weighted by atomic mass is 19.4. The summed E-state index contributed by atoms with van der Waals surface area (Å²) in [7, 11) is 0. The normalized spacial score (nSPS) is 25.9. The number of rotatable bonds is 4. The van der Waals surface area contributed by atoms with Crippen molar-refractivity contribution in [1.29, 1.82) is 0 Å². The van der Waals surface area contributed by atoms with Crippen LogP contribution in [0.25, 0.3) is 0 Å². The Kier molecular flexibility index (Phi) is 5.26. The van der Waals surface area contributed by atoms with E-state index in [4.69, 9.17) is 4.74 Å². The Morgan fingerprint density at radius 1 is 1.25 bits per heavy atom. The monoisotopic (exact) mass is 294 g/mol. The van der Waals surface area contributed by atoms with Crippen molar-refractivity contribution in [2.75, 3.05) is 32.8 Å². The predicted octanol–water partition coefficient (Wildman–Crippen LogP) is 1.56. The summed E-state index contributed by atoms with van der Waals surface area (Å²) < 4.78 is 42.9. The number of nitrogens with zero attached hydrogens (tertiary/aromatic N) is 1. The van der Waals surface area contributed by atoms with Gasteiger partial charge in [-0.3, -0.25) is 9.69 Å². The van der Waals surface area contributed by atoms with Crippen molar-refractivity contribution >= 4 is 5.91 Å². The molecule has 7 heteroatoms. The lowest BCUT2D eigenvalue weighted by Gasteiger charge is -2.32. The van der Waals surface area contributed by atoms with Gasteiger partial charge >= 0.3 is 6.18 Å². The zero-order chi connectivity index (χ0) is 14.6. The maximum absolute atomic E-state index is 12.5. The molecule has 116 valence electrons. The third-order valence-corrected chi connectivity index (χ3v) is 3.97. The van der Waals surface area contributed by atoms with Gasteiger partial charge in [-0.15, -0.1) is 0 Å². The van der Waals surface area contributed by atoms with Gasteiger partial charge in [-0.25, -0.2) is 0 Å². The molecule has 2 rings (SSSR count). The molecule has 0 bridgehead atoms. The molecular weight excluding hydrogens is 273 g/mol. The minimum absolute atomic E-state index is 0.0858. The van der Waals surface area contributed by atoms with Gasteiger partial charge in [-0.05, 0) is 38.8 Å². The van der Waals surface area contributed by atoms with Crippen molar-refractivity contribution < 1.29 is 22.7 Å². The van der Waals surface area contributed by atoms with E-state index in [0.717, 1.165) is 19.4 Å². The number of hydrogen-bond donors (Lipinski definition) is 1. The largest absolute Gasteiger partial charge is 0.391 e. The molecule has 0 aromatic heterocycles. The Balaban J connectivity index is 1.63. The number of carbonyl (C=O) groups excluding carboxylic acids is 1. The summed E-state index contributed by atoms with van der Waals surface area (Å²) in [6.45, 7) is 2.08. The zero-order valence-corrected chi connectivity index (χ0v) is 11.4. The van der Waals surface area contributed by atoms with Gasteiger partial charge in [0.25, 0.3) is 0 Å². The van der Waals surface area contributed by atoms with Gasteiger partial charge in [0.1, 0.15) is 0 Å². The molecule has 2 aliphatic heterocycles. The molecule has 0 radical (unpaired) electrons. The second-order valence-corrected chi connectivity index (χ2v) is 5.53. The fourth-order valence-electron chi connectivity index (χ4n) is 2.71. The fourth-order valence-corrected chi connectivity index (χ4v) is 2.71. The molecule has 1 unspecified atom stereocenters.